The van der Waals surface area contributed by atoms with E-state index in [2.05, 4.69) is 0 Å². The van der Waals surface area contributed by atoms with Gasteiger partial charge in [-0.2, -0.15) is 0 Å². The van der Waals surface area contributed by atoms with Crippen molar-refractivity contribution < 1.29 is 158 Å². The van der Waals surface area contributed by atoms with Gasteiger partial charge in [-0.05, 0) is 0 Å². The minimum atomic E-state index is 0. The second-order valence-corrected chi connectivity index (χ2v) is 0. The third-order valence-corrected chi connectivity index (χ3v) is 0. The normalized spacial score (nSPS) is 0.375. The standard InChI is InChI=1S/CH4O.Mn.9H2O.4Ti/c1-2;;;;;;;;;;;;;;/h2H,1H3;;9*1H2;;;;/q;+2;;;;;;;;;;;;;. The van der Waals surface area contributed by atoms with Gasteiger partial charge < -0.3 is 54.4 Å². The largest absolute Gasteiger partial charge is 2.00 e. The van der Waals surface area contributed by atoms with Gasteiger partial charge in [0.15, 0.2) is 0 Å². The van der Waals surface area contributed by atoms with Crippen molar-refractivity contribution in [1.82, 2.24) is 0 Å². The van der Waals surface area contributed by atoms with Gasteiger partial charge in [0.2, 0.25) is 0 Å². The molecule has 0 aromatic heterocycles. The fourth-order valence-electron chi connectivity index (χ4n) is 0. The van der Waals surface area contributed by atoms with Crippen molar-refractivity contribution in [1.29, 1.82) is 0 Å². The van der Waals surface area contributed by atoms with Crippen LogP contribution < -0.4 is 0 Å². The molecule has 19 N–H and O–H groups in total. The van der Waals surface area contributed by atoms with Gasteiger partial charge in [-0.3, -0.25) is 0 Å². The molecule has 107 valence electrons. The van der Waals surface area contributed by atoms with E-state index in [1.165, 1.54) is 0 Å². The van der Waals surface area contributed by atoms with Crippen molar-refractivity contribution in [2.24, 2.45) is 0 Å². The predicted octanol–water partition coefficient (Wildman–Crippen LogP) is -7.83. The zero-order valence-corrected chi connectivity index (χ0v) is 15.8. The van der Waals surface area contributed by atoms with E-state index >= 15 is 0 Å². The molecule has 0 heterocycles. The van der Waals surface area contributed by atoms with E-state index in [0.29, 0.717) is 0 Å². The Kier molecular flexibility index (Phi) is 14200. The first-order valence-electron chi connectivity index (χ1n) is 0.447. The summed E-state index contributed by atoms with van der Waals surface area (Å²) >= 11 is 0. The summed E-state index contributed by atoms with van der Waals surface area (Å²) in [6.07, 6.45) is 0. The van der Waals surface area contributed by atoms with Gasteiger partial charge in [0, 0.05) is 94.0 Å². The Morgan fingerprint density at radius 3 is 0.375 bits per heavy atom. The monoisotopic (exact) mass is 441 g/mol. The maximum atomic E-state index is 7.00. The summed E-state index contributed by atoms with van der Waals surface area (Å²) in [4.78, 5) is 0. The maximum Gasteiger partial charge on any atom is 2.00 e. The molecule has 16 heavy (non-hydrogen) atoms. The molecule has 0 saturated heterocycles. The summed E-state index contributed by atoms with van der Waals surface area (Å²) in [5.41, 5.74) is 0. The summed E-state index contributed by atoms with van der Waals surface area (Å²) < 4.78 is 0. The molecule has 0 aromatic rings. The van der Waals surface area contributed by atoms with Gasteiger partial charge in [-0.1, -0.05) is 0 Å². The van der Waals surface area contributed by atoms with Crippen molar-refractivity contribution in [3.8, 4) is 0 Å². The maximum absolute atomic E-state index is 7.00. The second-order valence-electron chi connectivity index (χ2n) is 0. The van der Waals surface area contributed by atoms with Crippen LogP contribution in [0.5, 0.6) is 0 Å². The third-order valence-electron chi connectivity index (χ3n) is 0. The molecule has 0 rings (SSSR count). The Morgan fingerprint density at radius 1 is 0.375 bits per heavy atom. The van der Waals surface area contributed by atoms with Gasteiger partial charge in [-0.15, -0.1) is 0 Å². The number of aliphatic hydroxyl groups is 1. The van der Waals surface area contributed by atoms with E-state index in [1.54, 1.807) is 0 Å². The first kappa shape index (κ1) is 388. The smallest absolute Gasteiger partial charge is 0.412 e. The van der Waals surface area contributed by atoms with Gasteiger partial charge >= 0.3 is 17.1 Å². The molecule has 0 aliphatic rings. The number of hydrogen-bond acceptors (Lipinski definition) is 1. The van der Waals surface area contributed by atoms with E-state index in [0.717, 1.165) is 7.11 Å². The van der Waals surface area contributed by atoms with Crippen molar-refractivity contribution in [3.63, 3.8) is 0 Å². The van der Waals surface area contributed by atoms with Crippen molar-refractivity contribution in [2.75, 3.05) is 7.11 Å². The number of rotatable bonds is 0. The fourth-order valence-corrected chi connectivity index (χ4v) is 0. The Balaban J connectivity index is -0.0000000000549. The van der Waals surface area contributed by atoms with Crippen LogP contribution in [0.25, 0.3) is 0 Å². The molecule has 0 atom stereocenters. The average molecular weight is 441 g/mol. The molecule has 0 spiro atoms. The molecule has 10 nitrogen and oxygen atoms in total. The van der Waals surface area contributed by atoms with E-state index in [4.69, 9.17) is 5.11 Å². The van der Waals surface area contributed by atoms with Crippen LogP contribution >= 0.6 is 0 Å². The quantitative estimate of drug-likeness (QED) is 0.352. The number of hydrogen-bond donors (Lipinski definition) is 1. The fraction of sp³-hybridized carbons (Fsp3) is 1.00. The molecule has 0 unspecified atom stereocenters. The molecule has 0 bridgehead atoms. The minimum Gasteiger partial charge on any atom is -0.412 e. The first-order valence-corrected chi connectivity index (χ1v) is 0.447. The van der Waals surface area contributed by atoms with E-state index in [9.17, 15) is 0 Å². The van der Waals surface area contributed by atoms with Gasteiger partial charge in [-0.25, -0.2) is 0 Å². The van der Waals surface area contributed by atoms with Gasteiger partial charge in [0.1, 0.15) is 0 Å². The molecular formula is CH22MnO10Ti4+2. The predicted molar refractivity (Wildman–Crippen MR) is 40.7 cm³/mol. The summed E-state index contributed by atoms with van der Waals surface area (Å²) in [6.45, 7) is 0. The Hall–Kier alpha value is 2.98. The zero-order chi connectivity index (χ0) is 2.00. The van der Waals surface area contributed by atoms with Crippen molar-refractivity contribution in [2.45, 2.75) is 0 Å². The molecule has 0 aliphatic carbocycles. The van der Waals surface area contributed by atoms with Gasteiger partial charge in [0.25, 0.3) is 0 Å². The summed E-state index contributed by atoms with van der Waals surface area (Å²) in [6, 6.07) is 0. The molecule has 1 radical (unpaired) electrons. The minimum absolute atomic E-state index is 0. The molecular weight excluding hydrogens is 418 g/mol. The summed E-state index contributed by atoms with van der Waals surface area (Å²) in [5.74, 6) is 0. The molecule has 0 fully saturated rings. The third kappa shape index (κ3) is 489. The van der Waals surface area contributed by atoms with Crippen LogP contribution in [0.1, 0.15) is 0 Å². The Bertz CT molecular complexity index is 22.8. The van der Waals surface area contributed by atoms with Crippen LogP contribution in [0.3, 0.4) is 0 Å². The molecule has 0 saturated carbocycles. The molecule has 0 aromatic carbocycles. The Morgan fingerprint density at radius 2 is 0.375 bits per heavy atom. The SMILES string of the molecule is CO.O.O.O.O.O.O.O.O.O.[Mn+2].[Ti].[Ti].[Ti].[Ti]. The van der Waals surface area contributed by atoms with Gasteiger partial charge in [0.05, 0.1) is 0 Å². The van der Waals surface area contributed by atoms with Crippen LogP contribution in [-0.2, 0) is 104 Å². The van der Waals surface area contributed by atoms with Crippen LogP contribution in [0, 0.1) is 0 Å². The molecule has 15 heteroatoms. The Labute approximate surface area is 163 Å². The van der Waals surface area contributed by atoms with Crippen LogP contribution in [0.15, 0.2) is 0 Å². The van der Waals surface area contributed by atoms with Crippen LogP contribution in [0.4, 0.5) is 0 Å². The van der Waals surface area contributed by atoms with Crippen LogP contribution in [0.2, 0.25) is 0 Å². The first-order chi connectivity index (χ1) is 1.00. The van der Waals surface area contributed by atoms with E-state index < -0.39 is 0 Å². The van der Waals surface area contributed by atoms with Crippen LogP contribution in [-0.4, -0.2) is 61.5 Å². The topological polar surface area (TPSA) is 304 Å². The average Bonchev–Trinajstić information content (AvgIpc) is 1.00. The second kappa shape index (κ2) is 585. The number of aliphatic hydroxyl groups excluding tert-OH is 1. The van der Waals surface area contributed by atoms with Crippen molar-refractivity contribution >= 4 is 0 Å². The van der Waals surface area contributed by atoms with E-state index in [-0.39, 0.29) is 153 Å². The molecule has 0 aliphatic heterocycles. The van der Waals surface area contributed by atoms with E-state index in [1.807, 2.05) is 0 Å². The summed E-state index contributed by atoms with van der Waals surface area (Å²) in [7, 11) is 1.00. The zero-order valence-electron chi connectivity index (χ0n) is 8.33. The van der Waals surface area contributed by atoms with Crippen molar-refractivity contribution in [3.05, 3.63) is 0 Å². The molecule has 0 amide bonds. The summed E-state index contributed by atoms with van der Waals surface area (Å²) in [5, 5.41) is 7.00.